The number of hydrogen-bond donors (Lipinski definition) is 3. The van der Waals surface area contributed by atoms with Gasteiger partial charge in [0.05, 0.1) is 29.6 Å². The highest BCUT2D eigenvalue weighted by molar-refractivity contribution is 6.30. The van der Waals surface area contributed by atoms with Crippen molar-refractivity contribution >= 4 is 45.9 Å². The van der Waals surface area contributed by atoms with Gasteiger partial charge < -0.3 is 19.7 Å². The molecule has 0 fully saturated rings. The van der Waals surface area contributed by atoms with Crippen molar-refractivity contribution in [2.75, 3.05) is 7.11 Å². The van der Waals surface area contributed by atoms with Gasteiger partial charge in [-0.25, -0.2) is 14.8 Å². The quantitative estimate of drug-likeness (QED) is 0.195. The number of carbonyl (C=O) groups is 1. The molecule has 7 heteroatoms. The topological polar surface area (TPSA) is 98.4 Å². The smallest absolute Gasteiger partial charge is 0.357 e. The highest BCUT2D eigenvalue weighted by atomic mass is 16.5. The number of aromatic nitrogens is 3. The second-order valence-corrected chi connectivity index (χ2v) is 13.5. The zero-order chi connectivity index (χ0) is 36.9. The maximum atomic E-state index is 13.5. The summed E-state index contributed by atoms with van der Waals surface area (Å²) in [5.74, 6) is -0.508. The Labute approximate surface area is 316 Å². The maximum Gasteiger partial charge on any atom is 0.357 e. The summed E-state index contributed by atoms with van der Waals surface area (Å²) >= 11 is 0. The number of nitrogens with zero attached hydrogens (tertiary/aromatic N) is 2. The predicted molar refractivity (Wildman–Crippen MR) is 218 cm³/mol. The van der Waals surface area contributed by atoms with Crippen LogP contribution in [0.4, 0.5) is 0 Å². The van der Waals surface area contributed by atoms with Crippen LogP contribution in [0.15, 0.2) is 173 Å². The number of ether oxygens (including phenoxy) is 1. The molecular weight excluding hydrogens is 679 g/mol. The molecule has 0 saturated carbocycles. The Kier molecular flexibility index (Phi) is 7.70. The van der Waals surface area contributed by atoms with Gasteiger partial charge in [-0.1, -0.05) is 121 Å². The van der Waals surface area contributed by atoms with Gasteiger partial charge in [-0.15, -0.1) is 0 Å². The van der Waals surface area contributed by atoms with Crippen molar-refractivity contribution in [1.29, 1.82) is 0 Å². The molecular formula is C48H33N5O2. The second kappa shape index (κ2) is 13.2. The molecule has 7 aromatic rings. The Morgan fingerprint density at radius 1 is 0.545 bits per heavy atom. The van der Waals surface area contributed by atoms with Crippen molar-refractivity contribution in [3.8, 4) is 0 Å². The number of methoxy groups -OCH3 is 1. The molecule has 10 rings (SSSR count). The van der Waals surface area contributed by atoms with Crippen LogP contribution >= 0.6 is 0 Å². The van der Waals surface area contributed by atoms with Gasteiger partial charge >= 0.3 is 5.97 Å². The van der Waals surface area contributed by atoms with E-state index in [9.17, 15) is 4.79 Å². The summed E-state index contributed by atoms with van der Waals surface area (Å²) in [6.45, 7) is 0. The number of fused-ring (bicyclic) bond motifs is 10. The van der Waals surface area contributed by atoms with E-state index >= 15 is 0 Å². The number of rotatable bonds is 5. The van der Waals surface area contributed by atoms with E-state index in [-0.39, 0.29) is 5.70 Å². The van der Waals surface area contributed by atoms with Crippen molar-refractivity contribution in [2.45, 2.75) is 0 Å². The van der Waals surface area contributed by atoms with E-state index in [0.29, 0.717) is 5.22 Å². The zero-order valence-corrected chi connectivity index (χ0v) is 29.8. The van der Waals surface area contributed by atoms with Crippen LogP contribution in [0.3, 0.4) is 0 Å². The lowest BCUT2D eigenvalue weighted by atomic mass is 9.97. The molecule has 4 aromatic carbocycles. The molecule has 0 aliphatic carbocycles. The lowest BCUT2D eigenvalue weighted by molar-refractivity contribution is -0.134. The molecule has 3 aromatic heterocycles. The molecule has 0 unspecified atom stereocenters. The van der Waals surface area contributed by atoms with Crippen molar-refractivity contribution in [3.63, 3.8) is 0 Å². The van der Waals surface area contributed by atoms with Crippen LogP contribution in [-0.2, 0) is 9.53 Å². The first-order valence-electron chi connectivity index (χ1n) is 18.2. The van der Waals surface area contributed by atoms with E-state index in [1.807, 2.05) is 48.5 Å². The average Bonchev–Trinajstić information content (AvgIpc) is 4.09. The van der Waals surface area contributed by atoms with E-state index in [4.69, 9.17) is 14.7 Å². The van der Waals surface area contributed by atoms with Gasteiger partial charge in [0.15, 0.2) is 5.70 Å². The van der Waals surface area contributed by atoms with Gasteiger partial charge in [-0.3, -0.25) is 0 Å². The van der Waals surface area contributed by atoms with E-state index in [2.05, 4.69) is 124 Å². The standard InChI is InChI=1S/C48H33N5O2/c1-55-48(54)47-44-33(28-49-47)45-42(31-18-10-4-11-19-31)38-26-24-36(51-38)40(29-14-6-2-7-15-29)34-22-23-35(50-34)41(30-16-8-3-9-17-30)37-25-27-39(52-37)43(46(44)53-45)32-20-12-5-13-21-32/h2-28,50,52-53H,1H3. The Balaban J connectivity index is 1.42. The average molecular weight is 712 g/mol. The van der Waals surface area contributed by atoms with Crippen molar-refractivity contribution in [2.24, 2.45) is 9.98 Å². The first-order chi connectivity index (χ1) is 27.2. The predicted octanol–water partition coefficient (Wildman–Crippen LogP) is 5.86. The third kappa shape index (κ3) is 5.40. The monoisotopic (exact) mass is 711 g/mol. The number of aliphatic imine (C=N–C) groups is 2. The largest absolute Gasteiger partial charge is 0.464 e. The van der Waals surface area contributed by atoms with Gasteiger partial charge in [0.2, 0.25) is 0 Å². The molecule has 262 valence electrons. The summed E-state index contributed by atoms with van der Waals surface area (Å²) in [5, 5.41) is 3.33. The number of aromatic amines is 3. The maximum absolute atomic E-state index is 13.5. The minimum absolute atomic E-state index is 0.242. The number of nitrogens with one attached hydrogen (secondary N) is 3. The van der Waals surface area contributed by atoms with Crippen LogP contribution in [0.1, 0.15) is 44.9 Å². The number of benzene rings is 4. The molecule has 3 aliphatic heterocycles. The number of carbonyl (C=O) groups excluding carboxylic acids is 1. The molecule has 7 nitrogen and oxygen atoms in total. The molecule has 0 amide bonds. The normalized spacial score (nSPS) is 14.5. The van der Waals surface area contributed by atoms with Crippen LogP contribution in [-0.4, -0.2) is 40.0 Å². The molecule has 0 saturated heterocycles. The Hall–Kier alpha value is -7.51. The zero-order valence-electron chi connectivity index (χ0n) is 29.8. The minimum Gasteiger partial charge on any atom is -0.464 e. The summed E-state index contributed by atoms with van der Waals surface area (Å²) in [4.78, 5) is 35.1. The van der Waals surface area contributed by atoms with E-state index in [0.717, 1.165) is 94.6 Å². The highest BCUT2D eigenvalue weighted by Gasteiger charge is 2.28. The molecule has 55 heavy (non-hydrogen) atoms. The lowest BCUT2D eigenvalue weighted by Gasteiger charge is -2.11. The second-order valence-electron chi connectivity index (χ2n) is 13.5. The van der Waals surface area contributed by atoms with E-state index in [1.165, 1.54) is 7.11 Å². The lowest BCUT2D eigenvalue weighted by Crippen LogP contribution is -2.31. The van der Waals surface area contributed by atoms with Gasteiger partial charge in [0.1, 0.15) is 0 Å². The summed E-state index contributed by atoms with van der Waals surface area (Å²) in [6, 6.07) is 49.8. The van der Waals surface area contributed by atoms with Gasteiger partial charge in [0, 0.05) is 61.4 Å². The highest BCUT2D eigenvalue weighted by Crippen LogP contribution is 2.33. The number of H-pyrrole nitrogens is 3. The van der Waals surface area contributed by atoms with Gasteiger partial charge in [0.25, 0.3) is 0 Å². The fourth-order valence-electron chi connectivity index (χ4n) is 7.91. The summed E-state index contributed by atoms with van der Waals surface area (Å²) in [6.07, 6.45) is 5.93. The Morgan fingerprint density at radius 2 is 1.07 bits per heavy atom. The van der Waals surface area contributed by atoms with Crippen molar-refractivity contribution in [1.82, 2.24) is 15.0 Å². The third-order valence-electron chi connectivity index (χ3n) is 10.3. The molecule has 8 bridgehead atoms. The Morgan fingerprint density at radius 3 is 1.67 bits per heavy atom. The first kappa shape index (κ1) is 32.2. The van der Waals surface area contributed by atoms with Crippen LogP contribution < -0.4 is 21.3 Å². The fraction of sp³-hybridized carbons (Fsp3) is 0.0208. The number of allylic oxidation sites excluding steroid dienone is 2. The van der Waals surface area contributed by atoms with Gasteiger partial charge in [-0.2, -0.15) is 0 Å². The van der Waals surface area contributed by atoms with Gasteiger partial charge in [-0.05, 0) is 58.7 Å². The van der Waals surface area contributed by atoms with E-state index < -0.39 is 5.97 Å². The van der Waals surface area contributed by atoms with Crippen LogP contribution in [0.25, 0.3) is 28.0 Å². The molecule has 0 atom stereocenters. The van der Waals surface area contributed by atoms with Crippen molar-refractivity contribution in [3.05, 3.63) is 230 Å². The molecule has 6 heterocycles. The molecule has 0 radical (unpaired) electrons. The molecule has 0 spiro atoms. The van der Waals surface area contributed by atoms with Crippen LogP contribution in [0.5, 0.6) is 0 Å². The summed E-state index contributed by atoms with van der Waals surface area (Å²) in [7, 11) is 1.39. The third-order valence-corrected chi connectivity index (χ3v) is 10.3. The van der Waals surface area contributed by atoms with Crippen molar-refractivity contribution < 1.29 is 9.53 Å². The van der Waals surface area contributed by atoms with Crippen LogP contribution in [0, 0.1) is 0 Å². The van der Waals surface area contributed by atoms with E-state index in [1.54, 1.807) is 6.21 Å². The SMILES string of the molecule is COC(=O)C1=c2c(c3[nH]c2=C(c2ccccc2)c2ccc([nH]2)C(c2ccccc2)=c2ccc([nH]2)=C(c2ccccc2)C2=NC(=C3c3ccccc3)C=C2)C=N1. The van der Waals surface area contributed by atoms with Crippen LogP contribution in [0.2, 0.25) is 0 Å². The first-order valence-corrected chi connectivity index (χ1v) is 18.2. The Bertz CT molecular complexity index is 3050. The fourth-order valence-corrected chi connectivity index (χ4v) is 7.91. The number of hydrogen-bond acceptors (Lipinski definition) is 4. The summed E-state index contributed by atoms with van der Waals surface area (Å²) < 4.78 is 5.32. The molecule has 3 N–H and O–H groups in total. The molecule has 3 aliphatic rings. The summed E-state index contributed by atoms with van der Waals surface area (Å²) in [5.41, 5.74) is 13.0. The minimum atomic E-state index is -0.508. The number of esters is 1.